The van der Waals surface area contributed by atoms with Crippen molar-refractivity contribution < 1.29 is 13.2 Å². The fourth-order valence-electron chi connectivity index (χ4n) is 1.97. The van der Waals surface area contributed by atoms with Gasteiger partial charge in [0.1, 0.15) is 0 Å². The van der Waals surface area contributed by atoms with Crippen LogP contribution in [0.25, 0.3) is 0 Å². The topological polar surface area (TPSA) is 24.9 Å². The van der Waals surface area contributed by atoms with Gasteiger partial charge in [0.05, 0.1) is 5.56 Å². The summed E-state index contributed by atoms with van der Waals surface area (Å²) in [6.07, 6.45) is -1.91. The molecule has 6 heteroatoms. The van der Waals surface area contributed by atoms with Crippen LogP contribution in [0.3, 0.4) is 0 Å². The Hall–Kier alpha value is -1.53. The average Bonchev–Trinajstić information content (AvgIpc) is 2.48. The molecule has 0 aliphatic rings. The molecule has 0 saturated heterocycles. The van der Waals surface area contributed by atoms with Crippen molar-refractivity contribution in [2.45, 2.75) is 17.1 Å². The molecular formula is C15H15F3N2S. The molecule has 21 heavy (non-hydrogen) atoms. The lowest BCUT2D eigenvalue weighted by atomic mass is 10.0. The normalized spacial score (nSPS) is 13.1. The molecule has 1 unspecified atom stereocenters. The second-order valence-corrected chi connectivity index (χ2v) is 5.52. The molecule has 0 aliphatic carbocycles. The minimum atomic E-state index is -4.37. The number of nitrogens with one attached hydrogen (secondary N) is 1. The number of benzene rings is 1. The molecular weight excluding hydrogens is 297 g/mol. The van der Waals surface area contributed by atoms with E-state index in [0.29, 0.717) is 5.75 Å². The summed E-state index contributed by atoms with van der Waals surface area (Å²) in [6, 6.07) is 10.2. The first-order valence-electron chi connectivity index (χ1n) is 6.38. The van der Waals surface area contributed by atoms with Gasteiger partial charge < -0.3 is 5.32 Å². The highest BCUT2D eigenvalue weighted by Crippen LogP contribution is 2.35. The Morgan fingerprint density at radius 2 is 1.90 bits per heavy atom. The van der Waals surface area contributed by atoms with E-state index in [1.165, 1.54) is 24.2 Å². The largest absolute Gasteiger partial charge is 0.416 e. The third-order valence-corrected chi connectivity index (χ3v) is 4.15. The molecule has 2 rings (SSSR count). The van der Waals surface area contributed by atoms with Crippen LogP contribution in [0.15, 0.2) is 53.7 Å². The Morgan fingerprint density at radius 1 is 1.19 bits per heavy atom. The predicted molar refractivity (Wildman–Crippen MR) is 78.2 cm³/mol. The Bertz CT molecular complexity index is 573. The highest BCUT2D eigenvalue weighted by molar-refractivity contribution is 7.99. The van der Waals surface area contributed by atoms with Gasteiger partial charge in [0.25, 0.3) is 0 Å². The van der Waals surface area contributed by atoms with E-state index < -0.39 is 17.8 Å². The number of aromatic nitrogens is 1. The molecule has 0 spiro atoms. The van der Waals surface area contributed by atoms with Crippen molar-refractivity contribution in [2.75, 3.05) is 12.8 Å². The number of halogens is 3. The molecule has 112 valence electrons. The van der Waals surface area contributed by atoms with Gasteiger partial charge in [0.15, 0.2) is 0 Å². The van der Waals surface area contributed by atoms with E-state index in [0.717, 1.165) is 11.0 Å². The first kappa shape index (κ1) is 15.9. The predicted octanol–water partition coefficient (Wildman–Crippen LogP) is 4.15. The van der Waals surface area contributed by atoms with E-state index in [1.54, 1.807) is 7.05 Å². The fourth-order valence-corrected chi connectivity index (χ4v) is 3.02. The van der Waals surface area contributed by atoms with E-state index in [4.69, 9.17) is 0 Å². The molecule has 1 heterocycles. The van der Waals surface area contributed by atoms with Crippen LogP contribution >= 0.6 is 11.8 Å². The van der Waals surface area contributed by atoms with Crippen molar-refractivity contribution in [2.24, 2.45) is 0 Å². The molecule has 0 fully saturated rings. The molecule has 1 aromatic heterocycles. The van der Waals surface area contributed by atoms with E-state index in [1.807, 2.05) is 30.3 Å². The Morgan fingerprint density at radius 3 is 2.52 bits per heavy atom. The SMILES string of the molecule is CNC(CSc1ccccc1)c1cnccc1C(F)(F)F. The van der Waals surface area contributed by atoms with Crippen LogP contribution in [0.2, 0.25) is 0 Å². The number of nitrogens with zero attached hydrogens (tertiary/aromatic N) is 1. The average molecular weight is 312 g/mol. The van der Waals surface area contributed by atoms with Crippen LogP contribution in [0.1, 0.15) is 17.2 Å². The maximum atomic E-state index is 13.0. The van der Waals surface area contributed by atoms with Crippen LogP contribution in [-0.2, 0) is 6.18 Å². The summed E-state index contributed by atoms with van der Waals surface area (Å²) in [6.45, 7) is 0. The number of thioether (sulfide) groups is 1. The second-order valence-electron chi connectivity index (χ2n) is 4.43. The van der Waals surface area contributed by atoms with Gasteiger partial charge in [-0.3, -0.25) is 4.98 Å². The minimum Gasteiger partial charge on any atom is -0.312 e. The first-order valence-corrected chi connectivity index (χ1v) is 7.37. The van der Waals surface area contributed by atoms with Crippen LogP contribution in [0.5, 0.6) is 0 Å². The molecule has 0 saturated carbocycles. The highest BCUT2D eigenvalue weighted by atomic mass is 32.2. The summed E-state index contributed by atoms with van der Waals surface area (Å²) in [4.78, 5) is 4.86. The first-order chi connectivity index (χ1) is 10.0. The summed E-state index contributed by atoms with van der Waals surface area (Å²) >= 11 is 1.51. The van der Waals surface area contributed by atoms with E-state index >= 15 is 0 Å². The molecule has 2 nitrogen and oxygen atoms in total. The lowest BCUT2D eigenvalue weighted by Gasteiger charge is -2.20. The molecule has 0 aliphatic heterocycles. The molecule has 1 N–H and O–H groups in total. The summed E-state index contributed by atoms with van der Waals surface area (Å²) in [5.74, 6) is 0.495. The van der Waals surface area contributed by atoms with Gasteiger partial charge in [-0.05, 0) is 25.2 Å². The summed E-state index contributed by atoms with van der Waals surface area (Å²) in [5.41, 5.74) is -0.457. The third kappa shape index (κ3) is 4.22. The van der Waals surface area contributed by atoms with Crippen molar-refractivity contribution in [1.82, 2.24) is 10.3 Å². The van der Waals surface area contributed by atoms with Crippen LogP contribution in [0.4, 0.5) is 13.2 Å². The summed E-state index contributed by atoms with van der Waals surface area (Å²) in [5, 5.41) is 2.94. The molecule has 0 amide bonds. The van der Waals surface area contributed by atoms with Crippen LogP contribution < -0.4 is 5.32 Å². The van der Waals surface area contributed by atoms with Crippen LogP contribution in [-0.4, -0.2) is 17.8 Å². The van der Waals surface area contributed by atoms with Crippen molar-refractivity contribution in [3.8, 4) is 0 Å². The summed E-state index contributed by atoms with van der Waals surface area (Å²) < 4.78 is 39.1. The zero-order valence-electron chi connectivity index (χ0n) is 11.4. The lowest BCUT2D eigenvalue weighted by molar-refractivity contribution is -0.138. The van der Waals surface area contributed by atoms with E-state index in [-0.39, 0.29) is 5.56 Å². The lowest BCUT2D eigenvalue weighted by Crippen LogP contribution is -2.23. The number of alkyl halides is 3. The zero-order valence-corrected chi connectivity index (χ0v) is 12.2. The minimum absolute atomic E-state index is 0.177. The van der Waals surface area contributed by atoms with Crippen molar-refractivity contribution in [3.05, 3.63) is 59.9 Å². The quantitative estimate of drug-likeness (QED) is 0.840. The maximum absolute atomic E-state index is 13.0. The molecule has 1 aromatic carbocycles. The smallest absolute Gasteiger partial charge is 0.312 e. The number of pyridine rings is 1. The van der Waals surface area contributed by atoms with Crippen molar-refractivity contribution >= 4 is 11.8 Å². The Labute approximate surface area is 125 Å². The van der Waals surface area contributed by atoms with Gasteiger partial charge in [0.2, 0.25) is 0 Å². The molecule has 1 atom stereocenters. The fraction of sp³-hybridized carbons (Fsp3) is 0.267. The maximum Gasteiger partial charge on any atom is 0.416 e. The molecule has 0 bridgehead atoms. The Kier molecular flexibility index (Phi) is 5.25. The molecule has 0 radical (unpaired) electrons. The van der Waals surface area contributed by atoms with Crippen molar-refractivity contribution in [1.29, 1.82) is 0 Å². The van der Waals surface area contributed by atoms with Gasteiger partial charge >= 0.3 is 6.18 Å². The van der Waals surface area contributed by atoms with E-state index in [9.17, 15) is 13.2 Å². The number of hydrogen-bond acceptors (Lipinski definition) is 3. The van der Waals surface area contributed by atoms with Gasteiger partial charge in [-0.2, -0.15) is 13.2 Å². The summed E-state index contributed by atoms with van der Waals surface area (Å²) in [7, 11) is 1.66. The standard InChI is InChI=1S/C15H15F3N2S/c1-19-14(10-21-11-5-3-2-4-6-11)12-9-20-8-7-13(12)15(16,17)18/h2-9,14,19H,10H2,1H3. The second kappa shape index (κ2) is 6.95. The molecule has 2 aromatic rings. The van der Waals surface area contributed by atoms with Gasteiger partial charge in [-0.25, -0.2) is 0 Å². The highest BCUT2D eigenvalue weighted by Gasteiger charge is 2.35. The van der Waals surface area contributed by atoms with Gasteiger partial charge in [-0.15, -0.1) is 11.8 Å². The van der Waals surface area contributed by atoms with Crippen molar-refractivity contribution in [3.63, 3.8) is 0 Å². The van der Waals surface area contributed by atoms with Crippen LogP contribution in [0, 0.1) is 0 Å². The third-order valence-electron chi connectivity index (χ3n) is 3.04. The zero-order chi connectivity index (χ0) is 15.3. The Balaban J connectivity index is 2.18. The number of hydrogen-bond donors (Lipinski definition) is 1. The van der Waals surface area contributed by atoms with Gasteiger partial charge in [-0.1, -0.05) is 18.2 Å². The van der Waals surface area contributed by atoms with Gasteiger partial charge in [0, 0.05) is 34.6 Å². The van der Waals surface area contributed by atoms with E-state index in [2.05, 4.69) is 10.3 Å². The monoisotopic (exact) mass is 312 g/mol. The number of rotatable bonds is 5.